The summed E-state index contributed by atoms with van der Waals surface area (Å²) in [6, 6.07) is 2.57. The van der Waals surface area contributed by atoms with E-state index in [1.54, 1.807) is 6.08 Å². The molecule has 1 aliphatic carbocycles. The zero-order chi connectivity index (χ0) is 19.8. The zero-order valence-corrected chi connectivity index (χ0v) is 16.3. The van der Waals surface area contributed by atoms with Crippen LogP contribution >= 0.6 is 0 Å². The van der Waals surface area contributed by atoms with Crippen molar-refractivity contribution in [2.24, 2.45) is 17.8 Å². The van der Waals surface area contributed by atoms with Gasteiger partial charge in [0, 0.05) is 18.1 Å². The van der Waals surface area contributed by atoms with Crippen LogP contribution in [0.3, 0.4) is 0 Å². The molecule has 0 saturated carbocycles. The third-order valence-corrected chi connectivity index (χ3v) is 5.60. The summed E-state index contributed by atoms with van der Waals surface area (Å²) in [5.41, 5.74) is -0.363. The number of phenolic OH excluding ortho intramolecular Hbond substituents is 1. The van der Waals surface area contributed by atoms with Crippen LogP contribution in [0.2, 0.25) is 0 Å². The number of rotatable bonds is 6. The number of carbonyl (C=O) groups is 1. The van der Waals surface area contributed by atoms with E-state index >= 15 is 0 Å². The van der Waals surface area contributed by atoms with Crippen LogP contribution < -0.4 is 4.74 Å². The summed E-state index contributed by atoms with van der Waals surface area (Å²) < 4.78 is 31.0. The van der Waals surface area contributed by atoms with Crippen LogP contribution in [0.15, 0.2) is 24.0 Å². The Bertz CT molecular complexity index is 757. The molecule has 0 unspecified atom stereocenters. The number of methoxy groups -OCH3 is 1. The zero-order valence-electron chi connectivity index (χ0n) is 16.3. The molecule has 3 rings (SSSR count). The molecule has 1 aromatic rings. The van der Waals surface area contributed by atoms with Crippen LogP contribution in [0, 0.1) is 23.6 Å². The lowest BCUT2D eigenvalue weighted by molar-refractivity contribution is -0.124. The SMILES string of the molecule is COc1cc(F)c(C[C@@H](C)[C@]23C[C@H](CC(C)C)C(=O)C=C2OCO3)cc1O. The first kappa shape index (κ1) is 19.7. The highest BCUT2D eigenvalue weighted by Crippen LogP contribution is 2.47. The molecular formula is C21H27FO5. The molecule has 2 aliphatic rings. The minimum absolute atomic E-state index is 0.0697. The number of aromatic hydroxyl groups is 1. The fraction of sp³-hybridized carbons (Fsp3) is 0.571. The van der Waals surface area contributed by atoms with Crippen LogP contribution in [0.5, 0.6) is 11.5 Å². The van der Waals surface area contributed by atoms with Crippen molar-refractivity contribution in [1.82, 2.24) is 0 Å². The number of phenols is 1. The molecule has 0 spiro atoms. The van der Waals surface area contributed by atoms with E-state index in [1.165, 1.54) is 19.2 Å². The Balaban J connectivity index is 1.88. The highest BCUT2D eigenvalue weighted by Gasteiger charge is 2.52. The molecule has 1 aromatic carbocycles. The van der Waals surface area contributed by atoms with Gasteiger partial charge in [-0.25, -0.2) is 4.39 Å². The lowest BCUT2D eigenvalue weighted by atomic mass is 9.70. The van der Waals surface area contributed by atoms with E-state index in [4.69, 9.17) is 14.2 Å². The minimum Gasteiger partial charge on any atom is -0.504 e. The van der Waals surface area contributed by atoms with Crippen molar-refractivity contribution in [3.05, 3.63) is 35.3 Å². The average molecular weight is 378 g/mol. The van der Waals surface area contributed by atoms with Gasteiger partial charge < -0.3 is 19.3 Å². The maximum Gasteiger partial charge on any atom is 0.189 e. The van der Waals surface area contributed by atoms with Crippen molar-refractivity contribution in [3.8, 4) is 11.5 Å². The van der Waals surface area contributed by atoms with Gasteiger partial charge in [-0.15, -0.1) is 0 Å². The minimum atomic E-state index is -0.741. The third-order valence-electron chi connectivity index (χ3n) is 5.60. The highest BCUT2D eigenvalue weighted by molar-refractivity contribution is 5.93. The molecule has 27 heavy (non-hydrogen) atoms. The highest BCUT2D eigenvalue weighted by atomic mass is 19.1. The average Bonchev–Trinajstić information content (AvgIpc) is 3.01. The Morgan fingerprint density at radius 3 is 2.78 bits per heavy atom. The standard InChI is InChI=1S/C21H27FO5/c1-12(2)5-15-10-21(20(9-17(15)23)26-11-27-21)13(3)6-14-7-18(24)19(25-4)8-16(14)22/h7-9,12-13,15,24H,5-6,10-11H2,1-4H3/t13-,15+,21-/m1/s1. The molecule has 148 valence electrons. The molecule has 1 N–H and O–H groups in total. The summed E-state index contributed by atoms with van der Waals surface area (Å²) in [5, 5.41) is 10.00. The number of ketones is 1. The van der Waals surface area contributed by atoms with Gasteiger partial charge >= 0.3 is 0 Å². The molecule has 0 radical (unpaired) electrons. The second kappa shape index (κ2) is 7.50. The van der Waals surface area contributed by atoms with Crippen molar-refractivity contribution >= 4 is 5.78 Å². The summed E-state index contributed by atoms with van der Waals surface area (Å²) in [6.07, 6.45) is 3.20. The Morgan fingerprint density at radius 1 is 1.37 bits per heavy atom. The number of carbonyl (C=O) groups excluding carboxylic acids is 1. The lowest BCUT2D eigenvalue weighted by Gasteiger charge is -2.39. The van der Waals surface area contributed by atoms with Crippen LogP contribution in [0.1, 0.15) is 39.2 Å². The number of fused-ring (bicyclic) bond motifs is 1. The molecule has 0 aromatic heterocycles. The summed E-state index contributed by atoms with van der Waals surface area (Å²) in [7, 11) is 1.38. The molecule has 1 aliphatic heterocycles. The second-order valence-electron chi connectivity index (χ2n) is 7.96. The topological polar surface area (TPSA) is 65.0 Å². The first-order valence-corrected chi connectivity index (χ1v) is 9.35. The maximum atomic E-state index is 14.5. The Morgan fingerprint density at radius 2 is 2.11 bits per heavy atom. The number of ether oxygens (including phenoxy) is 3. The van der Waals surface area contributed by atoms with Gasteiger partial charge in [0.1, 0.15) is 17.2 Å². The summed E-state index contributed by atoms with van der Waals surface area (Å²) in [4.78, 5) is 12.4. The fourth-order valence-electron chi connectivity index (χ4n) is 4.18. The van der Waals surface area contributed by atoms with Crippen LogP contribution in [-0.2, 0) is 20.7 Å². The monoisotopic (exact) mass is 378 g/mol. The summed E-state index contributed by atoms with van der Waals surface area (Å²) in [6.45, 7) is 6.23. The quantitative estimate of drug-likeness (QED) is 0.811. The van der Waals surface area contributed by atoms with E-state index in [0.717, 1.165) is 6.42 Å². The predicted molar refractivity (Wildman–Crippen MR) is 97.9 cm³/mol. The van der Waals surface area contributed by atoms with Gasteiger partial charge in [-0.3, -0.25) is 4.79 Å². The van der Waals surface area contributed by atoms with Crippen LogP contribution in [0.4, 0.5) is 4.39 Å². The normalized spacial score (nSPS) is 25.8. The van der Waals surface area contributed by atoms with Gasteiger partial charge in [0.25, 0.3) is 0 Å². The number of halogens is 1. The van der Waals surface area contributed by atoms with Gasteiger partial charge in [0.2, 0.25) is 0 Å². The lowest BCUT2D eigenvalue weighted by Crippen LogP contribution is -2.45. The summed E-state index contributed by atoms with van der Waals surface area (Å²) >= 11 is 0. The van der Waals surface area contributed by atoms with E-state index < -0.39 is 11.4 Å². The molecule has 3 atom stereocenters. The third kappa shape index (κ3) is 3.68. The number of benzene rings is 1. The van der Waals surface area contributed by atoms with Crippen LogP contribution in [0.25, 0.3) is 0 Å². The first-order chi connectivity index (χ1) is 12.8. The van der Waals surface area contributed by atoms with Crippen molar-refractivity contribution in [2.45, 2.75) is 45.6 Å². The maximum absolute atomic E-state index is 14.5. The molecule has 5 nitrogen and oxygen atoms in total. The molecular weight excluding hydrogens is 351 g/mol. The first-order valence-electron chi connectivity index (χ1n) is 9.35. The van der Waals surface area contributed by atoms with Crippen molar-refractivity contribution in [3.63, 3.8) is 0 Å². The van der Waals surface area contributed by atoms with E-state index in [-0.39, 0.29) is 35.9 Å². The van der Waals surface area contributed by atoms with Crippen molar-refractivity contribution < 1.29 is 28.5 Å². The Labute approximate surface area is 159 Å². The van der Waals surface area contributed by atoms with Gasteiger partial charge in [-0.1, -0.05) is 20.8 Å². The van der Waals surface area contributed by atoms with Gasteiger partial charge in [-0.05, 0) is 42.7 Å². The van der Waals surface area contributed by atoms with Gasteiger partial charge in [0.15, 0.2) is 24.1 Å². The predicted octanol–water partition coefficient (Wildman–Crippen LogP) is 3.98. The van der Waals surface area contributed by atoms with E-state index in [1.807, 2.05) is 6.92 Å². The molecule has 0 amide bonds. The summed E-state index contributed by atoms with van der Waals surface area (Å²) in [5.74, 6) is 0.280. The fourth-order valence-corrected chi connectivity index (χ4v) is 4.18. The molecule has 6 heteroatoms. The van der Waals surface area contributed by atoms with E-state index in [2.05, 4.69) is 13.8 Å². The van der Waals surface area contributed by atoms with E-state index in [9.17, 15) is 14.3 Å². The van der Waals surface area contributed by atoms with Gasteiger partial charge in [0.05, 0.1) is 7.11 Å². The van der Waals surface area contributed by atoms with Crippen molar-refractivity contribution in [2.75, 3.05) is 13.9 Å². The van der Waals surface area contributed by atoms with Crippen molar-refractivity contribution in [1.29, 1.82) is 0 Å². The second-order valence-corrected chi connectivity index (χ2v) is 7.96. The molecule has 1 fully saturated rings. The Kier molecular flexibility index (Phi) is 5.47. The number of hydrogen-bond acceptors (Lipinski definition) is 5. The van der Waals surface area contributed by atoms with E-state index in [0.29, 0.717) is 30.1 Å². The largest absolute Gasteiger partial charge is 0.504 e. The number of hydrogen-bond donors (Lipinski definition) is 1. The smallest absolute Gasteiger partial charge is 0.189 e. The molecule has 0 bridgehead atoms. The molecule has 1 heterocycles. The van der Waals surface area contributed by atoms with Crippen LogP contribution in [-0.4, -0.2) is 30.4 Å². The Hall–Kier alpha value is -2.08. The number of allylic oxidation sites excluding steroid dienone is 1. The van der Waals surface area contributed by atoms with Gasteiger partial charge in [-0.2, -0.15) is 0 Å². The molecule has 1 saturated heterocycles.